The Morgan fingerprint density at radius 3 is 2.27 bits per heavy atom. The molecule has 5 nitrogen and oxygen atoms in total. The van der Waals surface area contributed by atoms with E-state index in [9.17, 15) is 13.6 Å². The Hall–Kier alpha value is -3.65. The molecule has 0 unspecified atom stereocenters. The van der Waals surface area contributed by atoms with Gasteiger partial charge < -0.3 is 10.1 Å². The molecule has 0 radical (unpaired) electrons. The van der Waals surface area contributed by atoms with Crippen molar-refractivity contribution in [1.29, 1.82) is 0 Å². The molecule has 0 atom stereocenters. The summed E-state index contributed by atoms with van der Waals surface area (Å²) in [5, 5.41) is 7.34. The molecule has 0 fully saturated rings. The fourth-order valence-electron chi connectivity index (χ4n) is 3.19. The fourth-order valence-corrected chi connectivity index (χ4v) is 3.75. The van der Waals surface area contributed by atoms with Crippen LogP contribution in [0.25, 0.3) is 0 Å². The molecular weight excluding hydrogens is 444 g/mol. The lowest BCUT2D eigenvalue weighted by molar-refractivity contribution is 0.102. The van der Waals surface area contributed by atoms with Gasteiger partial charge in [0, 0.05) is 11.1 Å². The Morgan fingerprint density at radius 2 is 1.61 bits per heavy atom. The Balaban J connectivity index is 1.59. The zero-order chi connectivity index (χ0) is 23.2. The second kappa shape index (κ2) is 10.3. The van der Waals surface area contributed by atoms with Gasteiger partial charge in [-0.3, -0.25) is 9.48 Å². The smallest absolute Gasteiger partial charge is 0.262 e. The zero-order valence-corrected chi connectivity index (χ0v) is 18.6. The minimum absolute atomic E-state index is 0.121. The maximum Gasteiger partial charge on any atom is 0.262 e. The number of anilines is 1. The second-order valence-electron chi connectivity index (χ2n) is 7.24. The third kappa shape index (κ3) is 5.78. The number of benzene rings is 3. The summed E-state index contributed by atoms with van der Waals surface area (Å²) in [6, 6.07) is 19.5. The largest absolute Gasteiger partial charge is 0.471 e. The van der Waals surface area contributed by atoms with Crippen LogP contribution in [-0.4, -0.2) is 21.9 Å². The molecule has 3 aromatic carbocycles. The number of carbonyl (C=O) groups excluding carboxylic acids is 1. The van der Waals surface area contributed by atoms with Gasteiger partial charge in [-0.1, -0.05) is 36.4 Å². The molecule has 0 saturated carbocycles. The van der Waals surface area contributed by atoms with E-state index >= 15 is 0 Å². The molecule has 0 bridgehead atoms. The lowest BCUT2D eigenvalue weighted by Crippen LogP contribution is -2.13. The summed E-state index contributed by atoms with van der Waals surface area (Å²) in [5.41, 5.74) is 2.51. The normalized spacial score (nSPS) is 10.8. The van der Waals surface area contributed by atoms with Crippen LogP contribution in [0.1, 0.15) is 21.5 Å². The van der Waals surface area contributed by atoms with Crippen LogP contribution in [0.2, 0.25) is 0 Å². The summed E-state index contributed by atoms with van der Waals surface area (Å²) in [7, 11) is 0. The number of thioether (sulfide) groups is 1. The second-order valence-corrected chi connectivity index (χ2v) is 8.09. The summed E-state index contributed by atoms with van der Waals surface area (Å²) in [4.78, 5) is 14.0. The number of nitrogens with zero attached hydrogens (tertiary/aromatic N) is 2. The topological polar surface area (TPSA) is 56.2 Å². The van der Waals surface area contributed by atoms with Gasteiger partial charge in [0.25, 0.3) is 5.91 Å². The molecule has 1 N–H and O–H groups in total. The third-order valence-electron chi connectivity index (χ3n) is 4.87. The molecule has 0 aliphatic heterocycles. The molecule has 4 rings (SSSR count). The van der Waals surface area contributed by atoms with Crippen LogP contribution in [0.4, 0.5) is 14.5 Å². The van der Waals surface area contributed by atoms with Gasteiger partial charge in [-0.25, -0.2) is 8.78 Å². The summed E-state index contributed by atoms with van der Waals surface area (Å²) < 4.78 is 33.8. The van der Waals surface area contributed by atoms with Gasteiger partial charge in [-0.2, -0.15) is 0 Å². The van der Waals surface area contributed by atoms with Crippen molar-refractivity contribution in [3.63, 3.8) is 0 Å². The zero-order valence-electron chi connectivity index (χ0n) is 17.8. The fraction of sp³-hybridized carbons (Fsp3) is 0.120. The van der Waals surface area contributed by atoms with E-state index in [0.29, 0.717) is 12.2 Å². The highest BCUT2D eigenvalue weighted by Crippen LogP contribution is 2.27. The SMILES string of the molecule is CSc1ccccc1NC(=O)c1cn(Cc2ccc(F)cc2)nc1OCc1ccc(F)cc1. The molecule has 0 spiro atoms. The number of amides is 1. The standard InChI is InChI=1S/C25H21F2N3O2S/c1-33-23-5-3-2-4-22(23)28-24(31)21-15-30(14-17-6-10-19(26)11-7-17)29-25(21)32-16-18-8-12-20(27)13-9-18/h2-13,15H,14,16H2,1H3,(H,28,31). The van der Waals surface area contributed by atoms with Crippen LogP contribution in [0.3, 0.4) is 0 Å². The molecule has 8 heteroatoms. The van der Waals surface area contributed by atoms with Crippen LogP contribution in [0.5, 0.6) is 5.88 Å². The van der Waals surface area contributed by atoms with Crippen molar-refractivity contribution < 1.29 is 18.3 Å². The van der Waals surface area contributed by atoms with E-state index in [0.717, 1.165) is 16.0 Å². The van der Waals surface area contributed by atoms with E-state index in [-0.39, 0.29) is 35.6 Å². The van der Waals surface area contributed by atoms with Gasteiger partial charge in [-0.05, 0) is 53.8 Å². The predicted octanol–water partition coefficient (Wildman–Crippen LogP) is 5.76. The van der Waals surface area contributed by atoms with Crippen molar-refractivity contribution in [2.75, 3.05) is 11.6 Å². The number of para-hydroxylation sites is 1. The van der Waals surface area contributed by atoms with E-state index in [1.807, 2.05) is 30.5 Å². The van der Waals surface area contributed by atoms with E-state index in [1.165, 1.54) is 36.0 Å². The van der Waals surface area contributed by atoms with Gasteiger partial charge in [0.05, 0.1) is 12.2 Å². The first kappa shape index (κ1) is 22.5. The van der Waals surface area contributed by atoms with Crippen LogP contribution in [0.15, 0.2) is 83.9 Å². The number of hydrogen-bond acceptors (Lipinski definition) is 4. The summed E-state index contributed by atoms with van der Waals surface area (Å²) >= 11 is 1.53. The van der Waals surface area contributed by atoms with Crippen molar-refractivity contribution in [1.82, 2.24) is 9.78 Å². The van der Waals surface area contributed by atoms with Crippen molar-refractivity contribution in [3.8, 4) is 5.88 Å². The lowest BCUT2D eigenvalue weighted by Gasteiger charge is -2.09. The van der Waals surface area contributed by atoms with Gasteiger partial charge >= 0.3 is 0 Å². The number of nitrogens with one attached hydrogen (secondary N) is 1. The van der Waals surface area contributed by atoms with Crippen molar-refractivity contribution in [2.24, 2.45) is 0 Å². The van der Waals surface area contributed by atoms with Crippen molar-refractivity contribution >= 4 is 23.4 Å². The Bertz CT molecular complexity index is 1240. The molecule has 1 aromatic heterocycles. The average Bonchev–Trinajstić information content (AvgIpc) is 3.23. The minimum Gasteiger partial charge on any atom is -0.471 e. The van der Waals surface area contributed by atoms with Crippen molar-refractivity contribution in [2.45, 2.75) is 18.0 Å². The Morgan fingerprint density at radius 1 is 0.970 bits per heavy atom. The van der Waals surface area contributed by atoms with E-state index < -0.39 is 0 Å². The van der Waals surface area contributed by atoms with Gasteiger partial charge in [0.15, 0.2) is 0 Å². The first-order valence-electron chi connectivity index (χ1n) is 10.2. The third-order valence-corrected chi connectivity index (χ3v) is 5.67. The predicted molar refractivity (Wildman–Crippen MR) is 125 cm³/mol. The molecule has 1 heterocycles. The highest BCUT2D eigenvalue weighted by atomic mass is 32.2. The maximum absolute atomic E-state index is 13.2. The molecule has 4 aromatic rings. The monoisotopic (exact) mass is 465 g/mol. The molecule has 0 saturated heterocycles. The summed E-state index contributed by atoms with van der Waals surface area (Å²) in [5.74, 6) is -0.874. The number of ether oxygens (including phenoxy) is 1. The lowest BCUT2D eigenvalue weighted by atomic mass is 10.2. The quantitative estimate of drug-likeness (QED) is 0.336. The number of aromatic nitrogens is 2. The highest BCUT2D eigenvalue weighted by molar-refractivity contribution is 7.98. The average molecular weight is 466 g/mol. The van der Waals surface area contributed by atoms with Crippen LogP contribution >= 0.6 is 11.8 Å². The Labute approximate surface area is 194 Å². The number of carbonyl (C=O) groups is 1. The minimum atomic E-state index is -0.365. The Kier molecular flexibility index (Phi) is 7.04. The van der Waals surface area contributed by atoms with Crippen molar-refractivity contribution in [3.05, 3.63) is 107 Å². The first-order chi connectivity index (χ1) is 16.0. The molecule has 1 amide bonds. The number of hydrogen-bond donors (Lipinski definition) is 1. The molecule has 0 aliphatic rings. The van der Waals surface area contributed by atoms with Gasteiger partial charge in [-0.15, -0.1) is 16.9 Å². The highest BCUT2D eigenvalue weighted by Gasteiger charge is 2.19. The summed E-state index contributed by atoms with van der Waals surface area (Å²) in [6.45, 7) is 0.456. The first-order valence-corrected chi connectivity index (χ1v) is 11.4. The van der Waals surface area contributed by atoms with Gasteiger partial charge in [0.1, 0.15) is 23.8 Å². The number of halogens is 2. The number of rotatable bonds is 8. The molecular formula is C25H21F2N3O2S. The molecule has 33 heavy (non-hydrogen) atoms. The maximum atomic E-state index is 13.2. The van der Waals surface area contributed by atoms with E-state index in [4.69, 9.17) is 4.74 Å². The van der Waals surface area contributed by atoms with Crippen LogP contribution in [0, 0.1) is 11.6 Å². The molecule has 168 valence electrons. The van der Waals surface area contributed by atoms with Crippen LogP contribution in [-0.2, 0) is 13.2 Å². The molecule has 0 aliphatic carbocycles. The van der Waals surface area contributed by atoms with E-state index in [1.54, 1.807) is 35.1 Å². The van der Waals surface area contributed by atoms with Crippen LogP contribution < -0.4 is 10.1 Å². The van der Waals surface area contributed by atoms with E-state index in [2.05, 4.69) is 10.4 Å². The van der Waals surface area contributed by atoms with Gasteiger partial charge in [0.2, 0.25) is 5.88 Å². The summed E-state index contributed by atoms with van der Waals surface area (Å²) in [6.07, 6.45) is 3.53.